The van der Waals surface area contributed by atoms with Crippen molar-refractivity contribution < 1.29 is 18.0 Å². The largest absolute Gasteiger partial charge is 0.401 e. The van der Waals surface area contributed by atoms with Crippen molar-refractivity contribution >= 4 is 5.91 Å². The fourth-order valence-corrected chi connectivity index (χ4v) is 2.75. The Hall–Kier alpha value is -0.820. The zero-order valence-electron chi connectivity index (χ0n) is 11.7. The first-order chi connectivity index (χ1) is 9.23. The molecule has 1 aliphatic heterocycles. The Balaban J connectivity index is 1.81. The van der Waals surface area contributed by atoms with Gasteiger partial charge >= 0.3 is 6.18 Å². The molecule has 0 aromatic heterocycles. The van der Waals surface area contributed by atoms with Crippen LogP contribution in [0.2, 0.25) is 0 Å². The number of hydrogen-bond acceptors (Lipinski definition) is 3. The molecular formula is C13H22F3N3O. The summed E-state index contributed by atoms with van der Waals surface area (Å²) in [6.07, 6.45) is -1.96. The van der Waals surface area contributed by atoms with Crippen LogP contribution in [-0.4, -0.2) is 60.1 Å². The van der Waals surface area contributed by atoms with Gasteiger partial charge < -0.3 is 10.6 Å². The molecule has 2 N–H and O–H groups in total. The molecule has 1 atom stereocenters. The molecule has 1 heterocycles. The maximum atomic E-state index is 12.4. The lowest BCUT2D eigenvalue weighted by molar-refractivity contribution is -0.146. The highest BCUT2D eigenvalue weighted by Crippen LogP contribution is 2.35. The molecule has 0 aromatic rings. The number of amides is 1. The maximum absolute atomic E-state index is 12.4. The van der Waals surface area contributed by atoms with Crippen molar-refractivity contribution in [2.75, 3.05) is 32.7 Å². The van der Waals surface area contributed by atoms with E-state index in [0.29, 0.717) is 26.2 Å². The van der Waals surface area contributed by atoms with Crippen molar-refractivity contribution in [3.05, 3.63) is 0 Å². The van der Waals surface area contributed by atoms with Crippen LogP contribution < -0.4 is 5.73 Å². The van der Waals surface area contributed by atoms with Gasteiger partial charge in [-0.3, -0.25) is 9.69 Å². The minimum Gasteiger partial charge on any atom is -0.341 e. The van der Waals surface area contributed by atoms with E-state index in [1.807, 2.05) is 0 Å². The zero-order valence-corrected chi connectivity index (χ0v) is 11.7. The van der Waals surface area contributed by atoms with Gasteiger partial charge in [0.05, 0.1) is 12.1 Å². The molecule has 2 rings (SSSR count). The third kappa shape index (κ3) is 3.85. The molecule has 1 saturated carbocycles. The molecule has 1 aliphatic carbocycles. The summed E-state index contributed by atoms with van der Waals surface area (Å²) < 4.78 is 37.2. The van der Waals surface area contributed by atoms with Crippen LogP contribution >= 0.6 is 0 Å². The second-order valence-corrected chi connectivity index (χ2v) is 6.00. The minimum absolute atomic E-state index is 0.0288. The smallest absolute Gasteiger partial charge is 0.341 e. The number of hydrogen-bond donors (Lipinski definition) is 1. The molecule has 1 amide bonds. The number of nitrogens with zero attached hydrogens (tertiary/aromatic N) is 2. The van der Waals surface area contributed by atoms with E-state index in [2.05, 4.69) is 0 Å². The summed E-state index contributed by atoms with van der Waals surface area (Å²) in [7, 11) is 0. The Labute approximate surface area is 117 Å². The normalized spacial score (nSPS) is 25.3. The Morgan fingerprint density at radius 3 is 2.60 bits per heavy atom. The predicted molar refractivity (Wildman–Crippen MR) is 69.0 cm³/mol. The Kier molecular flexibility index (Phi) is 4.30. The number of carbonyl (C=O) groups is 1. The average molecular weight is 293 g/mol. The summed E-state index contributed by atoms with van der Waals surface area (Å²) in [5, 5.41) is 0. The van der Waals surface area contributed by atoms with Crippen LogP contribution in [0.1, 0.15) is 26.2 Å². The highest BCUT2D eigenvalue weighted by atomic mass is 19.4. The van der Waals surface area contributed by atoms with Crippen LogP contribution in [0.5, 0.6) is 0 Å². The molecule has 0 spiro atoms. The number of halogens is 3. The van der Waals surface area contributed by atoms with Crippen molar-refractivity contribution in [2.24, 2.45) is 11.7 Å². The molecule has 116 valence electrons. The first-order valence-corrected chi connectivity index (χ1v) is 7.11. The number of carbonyl (C=O) groups excluding carboxylic acids is 1. The van der Waals surface area contributed by atoms with E-state index in [9.17, 15) is 18.0 Å². The number of rotatable bonds is 5. The van der Waals surface area contributed by atoms with Gasteiger partial charge in [0.25, 0.3) is 0 Å². The van der Waals surface area contributed by atoms with Gasteiger partial charge in [0, 0.05) is 19.6 Å². The monoisotopic (exact) mass is 293 g/mol. The number of likely N-dealkylation sites (tertiary alicyclic amines) is 1. The van der Waals surface area contributed by atoms with Crippen molar-refractivity contribution in [1.29, 1.82) is 0 Å². The van der Waals surface area contributed by atoms with E-state index < -0.39 is 18.3 Å². The van der Waals surface area contributed by atoms with Gasteiger partial charge in [-0.15, -0.1) is 0 Å². The second-order valence-electron chi connectivity index (χ2n) is 6.00. The predicted octanol–water partition coefficient (Wildman–Crippen LogP) is 1.21. The van der Waals surface area contributed by atoms with Gasteiger partial charge in [0.1, 0.15) is 0 Å². The van der Waals surface area contributed by atoms with Gasteiger partial charge in [-0.25, -0.2) is 0 Å². The van der Waals surface area contributed by atoms with Crippen molar-refractivity contribution in [2.45, 2.75) is 37.9 Å². The lowest BCUT2D eigenvalue weighted by Gasteiger charge is -2.25. The van der Waals surface area contributed by atoms with Crippen LogP contribution in [-0.2, 0) is 4.79 Å². The molecule has 20 heavy (non-hydrogen) atoms. The Morgan fingerprint density at radius 2 is 2.10 bits per heavy atom. The van der Waals surface area contributed by atoms with E-state index in [1.54, 1.807) is 11.8 Å². The molecular weight excluding hydrogens is 271 g/mol. The van der Waals surface area contributed by atoms with Crippen LogP contribution in [0.25, 0.3) is 0 Å². The number of alkyl halides is 3. The van der Waals surface area contributed by atoms with Crippen LogP contribution in [0.15, 0.2) is 0 Å². The highest BCUT2D eigenvalue weighted by Gasteiger charge is 2.49. The molecule has 1 unspecified atom stereocenters. The molecule has 0 aromatic carbocycles. The lowest BCUT2D eigenvalue weighted by Crippen LogP contribution is -2.45. The van der Waals surface area contributed by atoms with Crippen molar-refractivity contribution in [3.63, 3.8) is 0 Å². The summed E-state index contributed by atoms with van der Waals surface area (Å²) in [5.74, 6) is 0.0856. The van der Waals surface area contributed by atoms with E-state index in [0.717, 1.165) is 19.3 Å². The maximum Gasteiger partial charge on any atom is 0.401 e. The van der Waals surface area contributed by atoms with Gasteiger partial charge in [-0.2, -0.15) is 13.2 Å². The molecule has 0 bridgehead atoms. The highest BCUT2D eigenvalue weighted by molar-refractivity contribution is 5.89. The molecule has 1 saturated heterocycles. The SMILES string of the molecule is CCN(CC1CCN(C(=O)C2(N)CC2)C1)CC(F)(F)F. The van der Waals surface area contributed by atoms with Crippen LogP contribution in [0.4, 0.5) is 13.2 Å². The third-order valence-electron chi connectivity index (χ3n) is 4.15. The molecule has 2 aliphatic rings. The van der Waals surface area contributed by atoms with E-state index in [-0.39, 0.29) is 11.8 Å². The van der Waals surface area contributed by atoms with Crippen LogP contribution in [0, 0.1) is 5.92 Å². The molecule has 7 heteroatoms. The topological polar surface area (TPSA) is 49.6 Å². The third-order valence-corrected chi connectivity index (χ3v) is 4.15. The summed E-state index contributed by atoms with van der Waals surface area (Å²) in [6.45, 7) is 2.75. The first kappa shape index (κ1) is 15.6. The fourth-order valence-electron chi connectivity index (χ4n) is 2.75. The summed E-state index contributed by atoms with van der Waals surface area (Å²) in [4.78, 5) is 15.2. The second kappa shape index (κ2) is 5.52. The quantitative estimate of drug-likeness (QED) is 0.829. The van der Waals surface area contributed by atoms with E-state index in [4.69, 9.17) is 5.73 Å². The molecule has 4 nitrogen and oxygen atoms in total. The van der Waals surface area contributed by atoms with Crippen molar-refractivity contribution in [3.8, 4) is 0 Å². The van der Waals surface area contributed by atoms with E-state index >= 15 is 0 Å². The van der Waals surface area contributed by atoms with Crippen molar-refractivity contribution in [1.82, 2.24) is 9.80 Å². The standard InChI is InChI=1S/C13H22F3N3O/c1-2-18(9-13(14,15)16)7-10-3-6-19(8-10)11(20)12(17)4-5-12/h10H,2-9,17H2,1H3. The Bertz CT molecular complexity index is 368. The van der Waals surface area contributed by atoms with Gasteiger partial charge in [-0.05, 0) is 31.7 Å². The van der Waals surface area contributed by atoms with E-state index in [1.165, 1.54) is 4.90 Å². The van der Waals surface area contributed by atoms with Gasteiger partial charge in [0.15, 0.2) is 0 Å². The van der Waals surface area contributed by atoms with Crippen LogP contribution in [0.3, 0.4) is 0 Å². The minimum atomic E-state index is -4.17. The molecule has 2 fully saturated rings. The summed E-state index contributed by atoms with van der Waals surface area (Å²) >= 11 is 0. The average Bonchev–Trinajstić information content (AvgIpc) is 2.93. The lowest BCUT2D eigenvalue weighted by atomic mass is 10.1. The van der Waals surface area contributed by atoms with Gasteiger partial charge in [0.2, 0.25) is 5.91 Å². The number of nitrogens with two attached hydrogens (primary N) is 1. The molecule has 0 radical (unpaired) electrons. The Morgan fingerprint density at radius 1 is 1.45 bits per heavy atom. The zero-order chi connectivity index (χ0) is 15.0. The van der Waals surface area contributed by atoms with Gasteiger partial charge in [-0.1, -0.05) is 6.92 Å². The summed E-state index contributed by atoms with van der Waals surface area (Å²) in [6, 6.07) is 0. The first-order valence-electron chi connectivity index (χ1n) is 7.11. The summed E-state index contributed by atoms with van der Waals surface area (Å²) in [5.41, 5.74) is 5.20. The fraction of sp³-hybridized carbons (Fsp3) is 0.923.